The summed E-state index contributed by atoms with van der Waals surface area (Å²) in [6.45, 7) is 10.1. The van der Waals surface area contributed by atoms with Crippen LogP contribution in [0.3, 0.4) is 0 Å². The predicted molar refractivity (Wildman–Crippen MR) is 70.6 cm³/mol. The summed E-state index contributed by atoms with van der Waals surface area (Å²) >= 11 is 0. The summed E-state index contributed by atoms with van der Waals surface area (Å²) < 4.78 is 0. The quantitative estimate of drug-likeness (QED) is 0.409. The molecule has 0 aromatic carbocycles. The molecule has 3 atom stereocenters. The van der Waals surface area contributed by atoms with E-state index in [1.807, 2.05) is 0 Å². The van der Waals surface area contributed by atoms with E-state index in [-0.39, 0.29) is 20.4 Å². The molecule has 2 fully saturated rings. The fraction of sp³-hybridized carbons (Fsp3) is 0.733. The fourth-order valence-corrected chi connectivity index (χ4v) is 3.15. The van der Waals surface area contributed by atoms with Gasteiger partial charge in [-0.15, -0.1) is 0 Å². The Kier molecular flexibility index (Phi) is 8.07. The average molecular weight is 344 g/mol. The topological polar surface area (TPSA) is 37.3 Å². The maximum Gasteiger partial charge on any atom is 0.300 e. The van der Waals surface area contributed by atoms with Gasteiger partial charge in [0, 0.05) is 27.3 Å². The van der Waals surface area contributed by atoms with Gasteiger partial charge in [-0.25, -0.2) is 0 Å². The minimum atomic E-state index is -0.833. The Morgan fingerprint density at radius 3 is 2.56 bits per heavy atom. The number of allylic oxidation sites excluding steroid dienone is 1. The first-order valence-corrected chi connectivity index (χ1v) is 6.61. The van der Waals surface area contributed by atoms with Crippen LogP contribution in [0.15, 0.2) is 12.2 Å². The average Bonchev–Trinajstić information content (AvgIpc) is 2.23. The van der Waals surface area contributed by atoms with Crippen LogP contribution in [0.5, 0.6) is 0 Å². The number of hydrogen-bond acceptors (Lipinski definition) is 1. The van der Waals surface area contributed by atoms with E-state index >= 15 is 0 Å². The van der Waals surface area contributed by atoms with Crippen LogP contribution in [0, 0.1) is 23.7 Å². The van der Waals surface area contributed by atoms with E-state index < -0.39 is 5.97 Å². The summed E-state index contributed by atoms with van der Waals surface area (Å²) in [6.07, 6.45) is 6.84. The van der Waals surface area contributed by atoms with Gasteiger partial charge in [0.2, 0.25) is 0 Å². The molecule has 0 heterocycles. The number of aliphatic carboxylic acids is 1. The molecule has 0 spiro atoms. The number of carboxylic acids is 1. The van der Waals surface area contributed by atoms with Gasteiger partial charge < -0.3 is 11.0 Å². The number of hydrogen-bond donors (Lipinski definition) is 1. The second kappa shape index (κ2) is 8.13. The summed E-state index contributed by atoms with van der Waals surface area (Å²) in [5.74, 6) is 3.60. The summed E-state index contributed by atoms with van der Waals surface area (Å²) in [5, 5.41) is 7.42. The van der Waals surface area contributed by atoms with Crippen LogP contribution in [0.2, 0.25) is 0 Å². The third-order valence-electron chi connectivity index (χ3n) is 4.11. The van der Waals surface area contributed by atoms with Crippen molar-refractivity contribution in [1.29, 1.82) is 0 Å². The Bertz CT molecular complexity index is 284. The van der Waals surface area contributed by atoms with Crippen LogP contribution in [-0.2, 0) is 25.2 Å². The van der Waals surface area contributed by atoms with Gasteiger partial charge in [0.05, 0.1) is 0 Å². The number of carbonyl (C=O) groups is 1. The molecule has 0 aromatic rings. The molecule has 2 aliphatic rings. The van der Waals surface area contributed by atoms with E-state index in [1.165, 1.54) is 32.1 Å². The third-order valence-corrected chi connectivity index (χ3v) is 4.11. The first kappa shape index (κ1) is 17.9. The van der Waals surface area contributed by atoms with Crippen molar-refractivity contribution in [3.05, 3.63) is 18.1 Å². The van der Waals surface area contributed by atoms with E-state index in [0.717, 1.165) is 24.7 Å². The van der Waals surface area contributed by atoms with Crippen LogP contribution in [-0.4, -0.2) is 11.1 Å². The molecule has 0 aromatic heterocycles. The summed E-state index contributed by atoms with van der Waals surface area (Å²) in [6, 6.07) is 0. The van der Waals surface area contributed by atoms with Crippen molar-refractivity contribution in [2.75, 3.05) is 0 Å². The second-order valence-corrected chi connectivity index (χ2v) is 5.65. The Balaban J connectivity index is 0.000000512. The predicted octanol–water partition coefficient (Wildman–Crippen LogP) is 4.07. The Morgan fingerprint density at radius 2 is 2.00 bits per heavy atom. The maximum atomic E-state index is 9.00. The molecule has 2 rings (SSSR count). The molecule has 0 bridgehead atoms. The molecule has 2 nitrogen and oxygen atoms in total. The summed E-state index contributed by atoms with van der Waals surface area (Å²) in [7, 11) is 0. The van der Waals surface area contributed by atoms with Crippen LogP contribution in [0.4, 0.5) is 0 Å². The van der Waals surface area contributed by atoms with Crippen molar-refractivity contribution in [2.45, 2.75) is 52.9 Å². The van der Waals surface area contributed by atoms with Crippen molar-refractivity contribution in [2.24, 2.45) is 17.8 Å². The largest absolute Gasteiger partial charge is 0.481 e. The van der Waals surface area contributed by atoms with Gasteiger partial charge in [-0.1, -0.05) is 38.3 Å². The van der Waals surface area contributed by atoms with Crippen LogP contribution >= 0.6 is 0 Å². The normalized spacial score (nSPS) is 31.5. The zero-order chi connectivity index (χ0) is 13.0. The van der Waals surface area contributed by atoms with Gasteiger partial charge in [-0.05, 0) is 18.3 Å². The molecule has 0 saturated heterocycles. The van der Waals surface area contributed by atoms with Crippen LogP contribution in [0.1, 0.15) is 52.9 Å². The number of rotatable bonds is 0. The molecule has 0 aliphatic heterocycles. The van der Waals surface area contributed by atoms with Crippen molar-refractivity contribution in [3.63, 3.8) is 0 Å². The van der Waals surface area contributed by atoms with E-state index in [1.54, 1.807) is 11.5 Å². The van der Waals surface area contributed by atoms with E-state index in [4.69, 9.17) is 9.90 Å². The zero-order valence-electron chi connectivity index (χ0n) is 11.6. The van der Waals surface area contributed by atoms with Crippen molar-refractivity contribution in [1.82, 2.24) is 0 Å². The molecule has 0 amide bonds. The molecule has 0 radical (unpaired) electrons. The Labute approximate surface area is 125 Å². The second-order valence-electron chi connectivity index (χ2n) is 5.65. The molecule has 2 aliphatic carbocycles. The van der Waals surface area contributed by atoms with Crippen LogP contribution in [0.25, 0.3) is 0 Å². The third kappa shape index (κ3) is 5.24. The zero-order valence-corrected chi connectivity index (χ0v) is 13.2. The van der Waals surface area contributed by atoms with Crippen molar-refractivity contribution in [3.8, 4) is 0 Å². The first-order chi connectivity index (χ1) is 7.91. The number of fused-ring (bicyclic) bond motifs is 1. The summed E-state index contributed by atoms with van der Waals surface area (Å²) in [5.41, 5.74) is 1.54. The number of carboxylic acid groups (broad SMARTS) is 1. The van der Waals surface area contributed by atoms with Gasteiger partial charge in [0.1, 0.15) is 0 Å². The SMILES string of the molecule is C=C1CC[C-](C)[C@H]2CC[C@H](C)C[C@H]12.CC(=O)O.[Pd]. The molecular weight excluding hydrogens is 319 g/mol. The van der Waals surface area contributed by atoms with Gasteiger partial charge >= 0.3 is 0 Å². The van der Waals surface area contributed by atoms with Gasteiger partial charge in [0.25, 0.3) is 5.97 Å². The smallest absolute Gasteiger partial charge is 0.300 e. The summed E-state index contributed by atoms with van der Waals surface area (Å²) in [4.78, 5) is 9.00. The van der Waals surface area contributed by atoms with Crippen molar-refractivity contribution >= 4 is 5.97 Å². The van der Waals surface area contributed by atoms with Gasteiger partial charge in [0.15, 0.2) is 0 Å². The monoisotopic (exact) mass is 343 g/mol. The molecule has 3 heteroatoms. The van der Waals surface area contributed by atoms with Crippen molar-refractivity contribution < 1.29 is 30.3 Å². The maximum absolute atomic E-state index is 9.00. The van der Waals surface area contributed by atoms with Crippen LogP contribution < -0.4 is 0 Å². The molecule has 18 heavy (non-hydrogen) atoms. The molecule has 2 saturated carbocycles. The minimum absolute atomic E-state index is 0. The minimum Gasteiger partial charge on any atom is -0.481 e. The van der Waals surface area contributed by atoms with E-state index in [2.05, 4.69) is 20.4 Å². The molecule has 0 unspecified atom stereocenters. The van der Waals surface area contributed by atoms with E-state index in [9.17, 15) is 0 Å². The Hall–Kier alpha value is -0.128. The Morgan fingerprint density at radius 1 is 1.44 bits per heavy atom. The van der Waals surface area contributed by atoms with E-state index in [0.29, 0.717) is 0 Å². The van der Waals surface area contributed by atoms with Gasteiger partial charge in [-0.3, -0.25) is 4.79 Å². The molecule has 1 N–H and O–H groups in total. The molecular formula is C15H25O2Pd-. The first-order valence-electron chi connectivity index (χ1n) is 6.61. The molecule has 108 valence electrons. The van der Waals surface area contributed by atoms with Gasteiger partial charge in [-0.2, -0.15) is 19.3 Å². The fourth-order valence-electron chi connectivity index (χ4n) is 3.15. The standard InChI is InChI=1S/C13H21.C2H4O2.Pd/c1-9-4-7-12-10(2)5-6-11(3)13(12)8-9;1-2(3)4;/h9,12-13H,3-8H2,1-2H3;1H3,(H,3,4);/q-1;;/t9-,12+,13+;;/m0../s1.